The minimum Gasteiger partial charge on any atom is -0.341 e. The first-order chi connectivity index (χ1) is 12.1. The molecule has 2 aliphatic carbocycles. The van der Waals surface area contributed by atoms with E-state index in [-0.39, 0.29) is 5.91 Å². The van der Waals surface area contributed by atoms with Crippen molar-refractivity contribution in [3.05, 3.63) is 29.3 Å². The van der Waals surface area contributed by atoms with E-state index >= 15 is 0 Å². The van der Waals surface area contributed by atoms with Gasteiger partial charge in [0.1, 0.15) is 0 Å². The number of carbonyl (C=O) groups excluding carboxylic acids is 1. The number of carbonyl (C=O) groups is 1. The van der Waals surface area contributed by atoms with Crippen LogP contribution in [0.2, 0.25) is 0 Å². The second-order valence-corrected chi connectivity index (χ2v) is 11.4. The summed E-state index contributed by atoms with van der Waals surface area (Å²) in [6.45, 7) is 9.68. The summed E-state index contributed by atoms with van der Waals surface area (Å²) in [4.78, 5) is 15.7. The average Bonchev–Trinajstić information content (AvgIpc) is 3.08. The van der Waals surface area contributed by atoms with Crippen LogP contribution >= 0.6 is 0 Å². The highest BCUT2D eigenvalue weighted by Gasteiger charge is 2.65. The summed E-state index contributed by atoms with van der Waals surface area (Å²) in [6, 6.07) is 5.51. The third-order valence-corrected chi connectivity index (χ3v) is 9.99. The molecule has 5 heteroatoms. The van der Waals surface area contributed by atoms with Crippen LogP contribution in [0.1, 0.15) is 50.7 Å². The van der Waals surface area contributed by atoms with Crippen molar-refractivity contribution in [2.24, 2.45) is 17.3 Å². The van der Waals surface area contributed by atoms with E-state index in [4.69, 9.17) is 0 Å². The van der Waals surface area contributed by atoms with Crippen LogP contribution in [0.25, 0.3) is 0 Å². The molecular formula is C21H29NO3S. The van der Waals surface area contributed by atoms with Crippen molar-refractivity contribution in [2.45, 2.75) is 63.0 Å². The van der Waals surface area contributed by atoms with Crippen molar-refractivity contribution < 1.29 is 13.2 Å². The first-order valence-corrected chi connectivity index (χ1v) is 11.2. The van der Waals surface area contributed by atoms with Crippen molar-refractivity contribution in [1.29, 1.82) is 0 Å². The number of fused-ring (bicyclic) bond motifs is 1. The highest BCUT2D eigenvalue weighted by Crippen LogP contribution is 2.62. The Morgan fingerprint density at radius 1 is 1.08 bits per heavy atom. The van der Waals surface area contributed by atoms with Gasteiger partial charge in [-0.25, -0.2) is 8.42 Å². The maximum Gasteiger partial charge on any atom is 0.244 e. The van der Waals surface area contributed by atoms with E-state index < -0.39 is 14.6 Å². The quantitative estimate of drug-likeness (QED) is 0.812. The monoisotopic (exact) mass is 375 g/mol. The minimum atomic E-state index is -3.71. The van der Waals surface area contributed by atoms with Gasteiger partial charge in [0.2, 0.25) is 5.91 Å². The first-order valence-electron chi connectivity index (χ1n) is 9.72. The zero-order valence-corrected chi connectivity index (χ0v) is 17.0. The third kappa shape index (κ3) is 2.32. The van der Waals surface area contributed by atoms with Crippen LogP contribution in [-0.4, -0.2) is 37.1 Å². The van der Waals surface area contributed by atoms with Crippen LogP contribution in [0.15, 0.2) is 23.1 Å². The van der Waals surface area contributed by atoms with Gasteiger partial charge < -0.3 is 4.90 Å². The average molecular weight is 376 g/mol. The predicted molar refractivity (Wildman–Crippen MR) is 102 cm³/mol. The van der Waals surface area contributed by atoms with Crippen LogP contribution < -0.4 is 0 Å². The Morgan fingerprint density at radius 3 is 2.23 bits per heavy atom. The molecular weight excluding hydrogens is 346 g/mol. The zero-order valence-electron chi connectivity index (χ0n) is 16.2. The number of nitrogens with zero attached hydrogens (tertiary/aromatic N) is 1. The van der Waals surface area contributed by atoms with Gasteiger partial charge in [0, 0.05) is 13.1 Å². The highest BCUT2D eigenvalue weighted by atomic mass is 32.2. The smallest absolute Gasteiger partial charge is 0.244 e. The molecule has 0 aromatic heterocycles. The SMILES string of the molecule is Cc1ccc(C)c(S(=O)(=O)C2(C(=O)N3C[C@@H]4[C@@H](C3)C4(C)C)CCCC2)c1. The number of sulfone groups is 1. The second kappa shape index (κ2) is 5.57. The summed E-state index contributed by atoms with van der Waals surface area (Å²) in [6.07, 6.45) is 2.53. The molecule has 4 rings (SSSR count). The van der Waals surface area contributed by atoms with Gasteiger partial charge in [-0.05, 0) is 61.1 Å². The number of hydrogen-bond donors (Lipinski definition) is 0. The van der Waals surface area contributed by atoms with E-state index in [2.05, 4.69) is 13.8 Å². The van der Waals surface area contributed by atoms with Crippen molar-refractivity contribution in [2.75, 3.05) is 13.1 Å². The second-order valence-electron chi connectivity index (χ2n) is 9.22. The summed E-state index contributed by atoms with van der Waals surface area (Å²) < 4.78 is 26.1. The molecule has 4 nitrogen and oxygen atoms in total. The van der Waals surface area contributed by atoms with Crippen molar-refractivity contribution in [3.63, 3.8) is 0 Å². The lowest BCUT2D eigenvalue weighted by molar-refractivity contribution is -0.133. The fraction of sp³-hybridized carbons (Fsp3) is 0.667. The Bertz CT molecular complexity index is 851. The Morgan fingerprint density at radius 2 is 1.65 bits per heavy atom. The van der Waals surface area contributed by atoms with Gasteiger partial charge in [0.25, 0.3) is 0 Å². The van der Waals surface area contributed by atoms with E-state index in [1.807, 2.05) is 30.9 Å². The summed E-state index contributed by atoms with van der Waals surface area (Å²) in [5.41, 5.74) is 1.96. The number of amides is 1. The number of likely N-dealkylation sites (tertiary alicyclic amines) is 1. The van der Waals surface area contributed by atoms with Crippen LogP contribution in [0, 0.1) is 31.1 Å². The van der Waals surface area contributed by atoms with Crippen molar-refractivity contribution in [3.8, 4) is 0 Å². The third-order valence-electron chi connectivity index (χ3n) is 7.36. The summed E-state index contributed by atoms with van der Waals surface area (Å²) in [5, 5.41) is 0. The number of piperidine rings is 1. The molecule has 142 valence electrons. The van der Waals surface area contributed by atoms with E-state index in [0.717, 1.165) is 37.1 Å². The number of rotatable bonds is 3. The largest absolute Gasteiger partial charge is 0.341 e. The van der Waals surface area contributed by atoms with E-state index in [1.165, 1.54) is 0 Å². The highest BCUT2D eigenvalue weighted by molar-refractivity contribution is 7.93. The Balaban J connectivity index is 1.71. The molecule has 1 aromatic rings. The number of hydrogen-bond acceptors (Lipinski definition) is 3. The van der Waals surface area contributed by atoms with Gasteiger partial charge in [-0.2, -0.15) is 0 Å². The Kier molecular flexibility index (Phi) is 3.86. The molecule has 3 fully saturated rings. The van der Waals surface area contributed by atoms with Crippen LogP contribution in [-0.2, 0) is 14.6 Å². The molecule has 1 aromatic carbocycles. The van der Waals surface area contributed by atoms with Crippen LogP contribution in [0.5, 0.6) is 0 Å². The maximum absolute atomic E-state index is 13.7. The standard InChI is InChI=1S/C21H29NO3S/c1-14-7-8-15(2)18(11-14)26(24,25)21(9-5-6-10-21)19(23)22-12-16-17(13-22)20(16,3)4/h7-8,11,16-17H,5-6,9-10,12-13H2,1-4H3/t16-,17-/m1/s1. The normalized spacial score (nSPS) is 28.8. The fourth-order valence-electron chi connectivity index (χ4n) is 5.34. The van der Waals surface area contributed by atoms with Gasteiger partial charge in [0.05, 0.1) is 4.90 Å². The predicted octanol–water partition coefficient (Wildman–Crippen LogP) is 3.50. The molecule has 1 heterocycles. The molecule has 1 amide bonds. The molecule has 0 bridgehead atoms. The molecule has 1 saturated heterocycles. The fourth-order valence-corrected chi connectivity index (χ4v) is 7.78. The topological polar surface area (TPSA) is 54.5 Å². The van der Waals surface area contributed by atoms with Gasteiger partial charge in [-0.1, -0.05) is 38.8 Å². The molecule has 2 saturated carbocycles. The Labute approximate surface area is 156 Å². The molecule has 3 aliphatic rings. The van der Waals surface area contributed by atoms with Crippen molar-refractivity contribution >= 4 is 15.7 Å². The molecule has 0 radical (unpaired) electrons. The van der Waals surface area contributed by atoms with Crippen LogP contribution in [0.4, 0.5) is 0 Å². The molecule has 2 atom stereocenters. The van der Waals surface area contributed by atoms with Gasteiger partial charge in [0.15, 0.2) is 14.6 Å². The van der Waals surface area contributed by atoms with Gasteiger partial charge >= 0.3 is 0 Å². The molecule has 0 unspecified atom stereocenters. The van der Waals surface area contributed by atoms with Gasteiger partial charge in [-0.15, -0.1) is 0 Å². The number of benzene rings is 1. The summed E-state index contributed by atoms with van der Waals surface area (Å²) in [5.74, 6) is 0.931. The molecule has 1 aliphatic heterocycles. The van der Waals surface area contributed by atoms with Crippen LogP contribution in [0.3, 0.4) is 0 Å². The lowest BCUT2D eigenvalue weighted by Crippen LogP contribution is -2.52. The molecule has 0 N–H and O–H groups in total. The van der Waals surface area contributed by atoms with E-state index in [1.54, 1.807) is 6.07 Å². The molecule has 0 spiro atoms. The van der Waals surface area contributed by atoms with E-state index in [0.29, 0.717) is 35.0 Å². The Hall–Kier alpha value is -1.36. The van der Waals surface area contributed by atoms with Crippen molar-refractivity contribution in [1.82, 2.24) is 4.90 Å². The maximum atomic E-state index is 13.7. The first kappa shape index (κ1) is 18.0. The lowest BCUT2D eigenvalue weighted by Gasteiger charge is -2.34. The molecule has 26 heavy (non-hydrogen) atoms. The summed E-state index contributed by atoms with van der Waals surface area (Å²) in [7, 11) is -3.71. The lowest BCUT2D eigenvalue weighted by atomic mass is 10.0. The number of aryl methyl sites for hydroxylation is 2. The van der Waals surface area contributed by atoms with E-state index in [9.17, 15) is 13.2 Å². The minimum absolute atomic E-state index is 0.140. The van der Waals surface area contributed by atoms with Gasteiger partial charge in [-0.3, -0.25) is 4.79 Å². The summed E-state index contributed by atoms with van der Waals surface area (Å²) >= 11 is 0. The zero-order chi connectivity index (χ0) is 18.9.